The van der Waals surface area contributed by atoms with Crippen LogP contribution in [-0.4, -0.2) is 22.4 Å². The number of amides is 2. The van der Waals surface area contributed by atoms with Crippen LogP contribution in [0.1, 0.15) is 23.3 Å². The van der Waals surface area contributed by atoms with Gasteiger partial charge in [0.1, 0.15) is 18.2 Å². The van der Waals surface area contributed by atoms with Gasteiger partial charge in [0, 0.05) is 33.6 Å². The molecule has 0 radical (unpaired) electrons. The van der Waals surface area contributed by atoms with E-state index in [1.54, 1.807) is 17.4 Å². The predicted octanol–water partition coefficient (Wildman–Crippen LogP) is 3.20. The zero-order chi connectivity index (χ0) is 20.2. The van der Waals surface area contributed by atoms with Crippen molar-refractivity contribution >= 4 is 40.1 Å². The van der Waals surface area contributed by atoms with Gasteiger partial charge < -0.3 is 15.2 Å². The Labute approximate surface area is 172 Å². The van der Waals surface area contributed by atoms with Crippen molar-refractivity contribution in [2.75, 3.05) is 0 Å². The largest absolute Gasteiger partial charge is 0.352 e. The van der Waals surface area contributed by atoms with E-state index in [2.05, 4.69) is 10.6 Å². The van der Waals surface area contributed by atoms with Gasteiger partial charge in [0.15, 0.2) is 0 Å². The summed E-state index contributed by atoms with van der Waals surface area (Å²) in [6.45, 7) is 0.593. The van der Waals surface area contributed by atoms with Gasteiger partial charge in [-0.05, 0) is 36.4 Å². The molecule has 4 rings (SSSR count). The van der Waals surface area contributed by atoms with Crippen LogP contribution >= 0.6 is 11.3 Å². The number of hydrogen-bond acceptors (Lipinski definition) is 4. The number of rotatable bonds is 7. The number of fused-ring (bicyclic) bond motifs is 1. The molecule has 1 aromatic carbocycles. The number of hydrogen-bond donors (Lipinski definition) is 2. The summed E-state index contributed by atoms with van der Waals surface area (Å²) in [4.78, 5) is 25.7. The highest BCUT2D eigenvalue weighted by atomic mass is 32.1. The Kier molecular flexibility index (Phi) is 5.45. The van der Waals surface area contributed by atoms with E-state index < -0.39 is 5.91 Å². The number of para-hydroxylation sites is 1. The molecule has 0 saturated heterocycles. The first-order valence-corrected chi connectivity index (χ1v) is 10.3. The number of carbonyl (C=O) groups excluding carboxylic acids is 2. The van der Waals surface area contributed by atoms with Crippen molar-refractivity contribution in [1.82, 2.24) is 15.2 Å². The molecule has 6 nitrogen and oxygen atoms in total. The summed E-state index contributed by atoms with van der Waals surface area (Å²) >= 11 is 1.55. The third kappa shape index (κ3) is 4.55. The topological polar surface area (TPSA) is 86.9 Å². The number of nitrogens with one attached hydrogen (secondary N) is 2. The predicted molar refractivity (Wildman–Crippen MR) is 113 cm³/mol. The van der Waals surface area contributed by atoms with Crippen LogP contribution in [-0.2, 0) is 22.7 Å². The molecule has 2 heterocycles. The van der Waals surface area contributed by atoms with Crippen LogP contribution in [0.25, 0.3) is 17.0 Å². The molecule has 2 N–H and O–H groups in total. The molecule has 29 heavy (non-hydrogen) atoms. The van der Waals surface area contributed by atoms with Gasteiger partial charge in [-0.2, -0.15) is 5.26 Å². The van der Waals surface area contributed by atoms with Gasteiger partial charge in [0.2, 0.25) is 5.91 Å². The smallest absolute Gasteiger partial charge is 0.262 e. The summed E-state index contributed by atoms with van der Waals surface area (Å²) < 4.78 is 1.86. The van der Waals surface area contributed by atoms with Gasteiger partial charge in [0.05, 0.1) is 6.54 Å². The summed E-state index contributed by atoms with van der Waals surface area (Å²) in [5, 5.41) is 18.1. The highest BCUT2D eigenvalue weighted by Crippen LogP contribution is 2.24. The summed E-state index contributed by atoms with van der Waals surface area (Å²) in [5.41, 5.74) is 1.66. The Morgan fingerprint density at radius 1 is 1.24 bits per heavy atom. The lowest BCUT2D eigenvalue weighted by Crippen LogP contribution is -2.29. The van der Waals surface area contributed by atoms with Crippen molar-refractivity contribution in [2.45, 2.75) is 32.0 Å². The second-order valence-corrected chi connectivity index (χ2v) is 8.04. The van der Waals surface area contributed by atoms with Crippen molar-refractivity contribution in [3.8, 4) is 6.07 Å². The van der Waals surface area contributed by atoms with Crippen LogP contribution in [0, 0.1) is 11.3 Å². The molecule has 1 aliphatic carbocycles. The fourth-order valence-corrected chi connectivity index (χ4v) is 3.80. The normalized spacial score (nSPS) is 13.8. The van der Waals surface area contributed by atoms with Gasteiger partial charge in [0.25, 0.3) is 5.91 Å². The molecule has 2 aromatic heterocycles. The number of carbonyl (C=O) groups is 2. The number of nitriles is 1. The number of aromatic nitrogens is 1. The second-order valence-electron chi connectivity index (χ2n) is 7.00. The highest BCUT2D eigenvalue weighted by molar-refractivity contribution is 7.09. The molecule has 0 unspecified atom stereocenters. The number of thiophene rings is 1. The fourth-order valence-electron chi connectivity index (χ4n) is 3.16. The van der Waals surface area contributed by atoms with Crippen LogP contribution in [0.4, 0.5) is 0 Å². The average Bonchev–Trinajstić information content (AvgIpc) is 3.25. The fraction of sp³-hybridized carbons (Fsp3) is 0.227. The molecule has 2 amide bonds. The summed E-state index contributed by atoms with van der Waals surface area (Å²) in [6, 6.07) is 13.8. The SMILES string of the molecule is N#C/C(=C\c1cn(CC(=O)NC2CC2)c2ccccc12)C(=O)NCc1cccs1. The molecule has 0 bridgehead atoms. The van der Waals surface area contributed by atoms with E-state index in [4.69, 9.17) is 0 Å². The molecular formula is C22H20N4O2S. The lowest BCUT2D eigenvalue weighted by molar-refractivity contribution is -0.121. The number of benzene rings is 1. The minimum absolute atomic E-state index is 0.0296. The molecular weight excluding hydrogens is 384 g/mol. The first-order valence-electron chi connectivity index (χ1n) is 9.43. The maximum absolute atomic E-state index is 12.5. The van der Waals surface area contributed by atoms with Gasteiger partial charge in [-0.25, -0.2) is 0 Å². The Bertz CT molecular complexity index is 1120. The molecule has 3 aromatic rings. The Balaban J connectivity index is 1.57. The van der Waals surface area contributed by atoms with Crippen LogP contribution in [0.3, 0.4) is 0 Å². The standard InChI is InChI=1S/C22H20N4O2S/c23-11-15(22(28)24-12-18-4-3-9-29-18)10-16-13-26(14-21(27)25-17-7-8-17)20-6-2-1-5-19(16)20/h1-6,9-10,13,17H,7-8,12,14H2,(H,24,28)(H,25,27)/b15-10+. The summed E-state index contributed by atoms with van der Waals surface area (Å²) in [6.07, 6.45) is 5.49. The minimum atomic E-state index is -0.413. The van der Waals surface area contributed by atoms with Crippen LogP contribution in [0.2, 0.25) is 0 Å². The zero-order valence-electron chi connectivity index (χ0n) is 15.7. The molecule has 0 aliphatic heterocycles. The summed E-state index contributed by atoms with van der Waals surface area (Å²) in [5.74, 6) is -0.442. The van der Waals surface area contributed by atoms with E-state index in [-0.39, 0.29) is 18.0 Å². The van der Waals surface area contributed by atoms with Crippen LogP contribution < -0.4 is 10.6 Å². The van der Waals surface area contributed by atoms with Crippen molar-refractivity contribution in [1.29, 1.82) is 5.26 Å². The molecule has 1 saturated carbocycles. The van der Waals surface area contributed by atoms with Gasteiger partial charge in [-0.1, -0.05) is 24.3 Å². The maximum atomic E-state index is 12.5. The van der Waals surface area contributed by atoms with E-state index in [0.29, 0.717) is 12.6 Å². The maximum Gasteiger partial charge on any atom is 0.262 e. The Hall–Kier alpha value is -3.37. The minimum Gasteiger partial charge on any atom is -0.352 e. The van der Waals surface area contributed by atoms with Crippen molar-refractivity contribution in [3.05, 3.63) is 64.0 Å². The van der Waals surface area contributed by atoms with Gasteiger partial charge in [-0.15, -0.1) is 11.3 Å². The molecule has 7 heteroatoms. The average molecular weight is 404 g/mol. The van der Waals surface area contributed by atoms with E-state index in [1.807, 2.05) is 58.6 Å². The van der Waals surface area contributed by atoms with Crippen molar-refractivity contribution < 1.29 is 9.59 Å². The monoisotopic (exact) mass is 404 g/mol. The van der Waals surface area contributed by atoms with Gasteiger partial charge in [-0.3, -0.25) is 9.59 Å². The summed E-state index contributed by atoms with van der Waals surface area (Å²) in [7, 11) is 0. The van der Waals surface area contributed by atoms with Crippen molar-refractivity contribution in [2.24, 2.45) is 0 Å². The highest BCUT2D eigenvalue weighted by Gasteiger charge is 2.23. The van der Waals surface area contributed by atoms with E-state index in [9.17, 15) is 14.9 Å². The van der Waals surface area contributed by atoms with E-state index >= 15 is 0 Å². The van der Waals surface area contributed by atoms with Crippen LogP contribution in [0.5, 0.6) is 0 Å². The van der Waals surface area contributed by atoms with Crippen LogP contribution in [0.15, 0.2) is 53.5 Å². The van der Waals surface area contributed by atoms with E-state index in [1.165, 1.54) is 0 Å². The quantitative estimate of drug-likeness (QED) is 0.468. The molecule has 0 spiro atoms. The third-order valence-electron chi connectivity index (χ3n) is 4.74. The Morgan fingerprint density at radius 3 is 2.79 bits per heavy atom. The van der Waals surface area contributed by atoms with E-state index in [0.717, 1.165) is 34.2 Å². The number of nitrogens with zero attached hydrogens (tertiary/aromatic N) is 2. The lowest BCUT2D eigenvalue weighted by Gasteiger charge is -2.05. The van der Waals surface area contributed by atoms with Crippen molar-refractivity contribution in [3.63, 3.8) is 0 Å². The Morgan fingerprint density at radius 2 is 2.07 bits per heavy atom. The molecule has 1 aliphatic rings. The zero-order valence-corrected chi connectivity index (χ0v) is 16.5. The first kappa shape index (κ1) is 19.0. The third-order valence-corrected chi connectivity index (χ3v) is 5.62. The second kappa shape index (κ2) is 8.33. The first-order chi connectivity index (χ1) is 14.1. The molecule has 146 valence electrons. The lowest BCUT2D eigenvalue weighted by atomic mass is 10.1. The molecule has 0 atom stereocenters. The van der Waals surface area contributed by atoms with Gasteiger partial charge >= 0.3 is 0 Å². The molecule has 1 fully saturated rings.